The van der Waals surface area contributed by atoms with Crippen molar-refractivity contribution in [3.63, 3.8) is 0 Å². The van der Waals surface area contributed by atoms with E-state index in [9.17, 15) is 9.59 Å². The first-order valence-electron chi connectivity index (χ1n) is 5.29. The van der Waals surface area contributed by atoms with Crippen LogP contribution in [0.15, 0.2) is 30.6 Å². The molecule has 0 aliphatic rings. The largest absolute Gasteiger partial charge is 0.478 e. The highest BCUT2D eigenvalue weighted by Gasteiger charge is 2.15. The molecule has 6 nitrogen and oxygen atoms in total. The summed E-state index contributed by atoms with van der Waals surface area (Å²) >= 11 is 7.63. The molecule has 0 radical (unpaired) electrons. The molecular formula is C12H7ClIN3O3. The van der Waals surface area contributed by atoms with Crippen LogP contribution in [0.3, 0.4) is 0 Å². The lowest BCUT2D eigenvalue weighted by molar-refractivity contribution is 0.0698. The number of halogens is 2. The topological polar surface area (TPSA) is 92.2 Å². The highest BCUT2D eigenvalue weighted by atomic mass is 127. The Morgan fingerprint density at radius 1 is 1.30 bits per heavy atom. The van der Waals surface area contributed by atoms with Gasteiger partial charge in [-0.1, -0.05) is 11.6 Å². The summed E-state index contributed by atoms with van der Waals surface area (Å²) in [4.78, 5) is 30.7. The van der Waals surface area contributed by atoms with Crippen molar-refractivity contribution in [1.82, 2.24) is 9.97 Å². The molecule has 1 heterocycles. The van der Waals surface area contributed by atoms with E-state index in [0.717, 1.165) is 3.57 Å². The highest BCUT2D eigenvalue weighted by Crippen LogP contribution is 2.19. The number of benzene rings is 1. The Bertz CT molecular complexity index is 693. The number of carboxylic acids is 1. The number of nitrogens with zero attached hydrogens (tertiary/aromatic N) is 2. The molecule has 2 rings (SSSR count). The number of hydrogen-bond donors (Lipinski definition) is 2. The Morgan fingerprint density at radius 3 is 2.70 bits per heavy atom. The third-order valence-electron chi connectivity index (χ3n) is 2.30. The van der Waals surface area contributed by atoms with Gasteiger partial charge < -0.3 is 10.4 Å². The molecule has 0 unspecified atom stereocenters. The van der Waals surface area contributed by atoms with Gasteiger partial charge in [-0.15, -0.1) is 0 Å². The Morgan fingerprint density at radius 2 is 2.05 bits per heavy atom. The van der Waals surface area contributed by atoms with E-state index in [1.807, 2.05) is 22.6 Å². The predicted octanol–water partition coefficient (Wildman–Crippen LogP) is 2.69. The smallest absolute Gasteiger partial charge is 0.337 e. The lowest BCUT2D eigenvalue weighted by atomic mass is 10.2. The molecule has 1 amide bonds. The zero-order valence-corrected chi connectivity index (χ0v) is 12.7. The van der Waals surface area contributed by atoms with Gasteiger partial charge in [-0.3, -0.25) is 9.78 Å². The molecule has 0 saturated heterocycles. The number of carbonyl (C=O) groups is 2. The van der Waals surface area contributed by atoms with E-state index in [0.29, 0.717) is 0 Å². The lowest BCUT2D eigenvalue weighted by Gasteiger charge is -2.08. The minimum Gasteiger partial charge on any atom is -0.478 e. The Balaban J connectivity index is 2.30. The summed E-state index contributed by atoms with van der Waals surface area (Å²) in [5.41, 5.74) is 0.192. The maximum absolute atomic E-state index is 12.0. The molecule has 0 aliphatic carbocycles. The number of amides is 1. The number of rotatable bonds is 3. The van der Waals surface area contributed by atoms with E-state index in [-0.39, 0.29) is 22.1 Å². The normalized spacial score (nSPS) is 10.1. The van der Waals surface area contributed by atoms with Crippen LogP contribution in [0.5, 0.6) is 0 Å². The van der Waals surface area contributed by atoms with Gasteiger partial charge in [0, 0.05) is 3.57 Å². The number of anilines is 1. The summed E-state index contributed by atoms with van der Waals surface area (Å²) in [6.45, 7) is 0. The van der Waals surface area contributed by atoms with Gasteiger partial charge in [-0.2, -0.15) is 0 Å². The van der Waals surface area contributed by atoms with Crippen molar-refractivity contribution >= 4 is 51.8 Å². The first-order chi connectivity index (χ1) is 9.47. The van der Waals surface area contributed by atoms with Gasteiger partial charge >= 0.3 is 5.97 Å². The monoisotopic (exact) mass is 403 g/mol. The van der Waals surface area contributed by atoms with E-state index < -0.39 is 11.9 Å². The van der Waals surface area contributed by atoms with Gasteiger partial charge in [0.2, 0.25) is 0 Å². The van der Waals surface area contributed by atoms with Gasteiger partial charge in [0.25, 0.3) is 5.91 Å². The van der Waals surface area contributed by atoms with Crippen molar-refractivity contribution in [2.75, 3.05) is 5.32 Å². The second-order valence-electron chi connectivity index (χ2n) is 3.68. The number of carboxylic acid groups (broad SMARTS) is 1. The fraction of sp³-hybridized carbons (Fsp3) is 0. The molecule has 102 valence electrons. The summed E-state index contributed by atoms with van der Waals surface area (Å²) in [7, 11) is 0. The van der Waals surface area contributed by atoms with Gasteiger partial charge in [0.15, 0.2) is 0 Å². The minimum atomic E-state index is -1.13. The van der Waals surface area contributed by atoms with E-state index in [4.69, 9.17) is 16.7 Å². The number of carbonyl (C=O) groups excluding carboxylic acids is 1. The van der Waals surface area contributed by atoms with Gasteiger partial charge in [0.1, 0.15) is 10.8 Å². The minimum absolute atomic E-state index is 0.000220. The van der Waals surface area contributed by atoms with E-state index in [1.54, 1.807) is 6.07 Å². The average molecular weight is 404 g/mol. The number of nitrogens with one attached hydrogen (secondary N) is 1. The first-order valence-corrected chi connectivity index (χ1v) is 6.75. The third-order valence-corrected chi connectivity index (χ3v) is 3.15. The Hall–Kier alpha value is -1.74. The van der Waals surface area contributed by atoms with Crippen molar-refractivity contribution in [1.29, 1.82) is 0 Å². The quantitative estimate of drug-likeness (QED) is 0.769. The van der Waals surface area contributed by atoms with Gasteiger partial charge in [0.05, 0.1) is 23.6 Å². The zero-order valence-electron chi connectivity index (χ0n) is 9.80. The first kappa shape index (κ1) is 14.7. The molecule has 20 heavy (non-hydrogen) atoms. The van der Waals surface area contributed by atoms with Crippen LogP contribution in [0.4, 0.5) is 5.69 Å². The van der Waals surface area contributed by atoms with Gasteiger partial charge in [-0.25, -0.2) is 9.78 Å². The van der Waals surface area contributed by atoms with Crippen LogP contribution in [-0.4, -0.2) is 27.0 Å². The molecule has 2 aromatic rings. The molecule has 8 heteroatoms. The molecule has 0 fully saturated rings. The summed E-state index contributed by atoms with van der Waals surface area (Å²) in [6, 6.07) is 4.66. The molecule has 2 N–H and O–H groups in total. The number of hydrogen-bond acceptors (Lipinski definition) is 4. The summed E-state index contributed by atoms with van der Waals surface area (Å²) in [5, 5.41) is 11.7. The fourth-order valence-electron chi connectivity index (χ4n) is 1.44. The van der Waals surface area contributed by atoms with Crippen molar-refractivity contribution in [2.45, 2.75) is 0 Å². The summed E-state index contributed by atoms with van der Waals surface area (Å²) < 4.78 is 0.751. The maximum atomic E-state index is 12.0. The van der Waals surface area contributed by atoms with E-state index in [2.05, 4.69) is 15.3 Å². The lowest BCUT2D eigenvalue weighted by Crippen LogP contribution is -2.16. The molecule has 0 saturated carbocycles. The molecule has 0 atom stereocenters. The van der Waals surface area contributed by atoms with Gasteiger partial charge in [-0.05, 0) is 40.8 Å². The highest BCUT2D eigenvalue weighted by molar-refractivity contribution is 14.1. The molecule has 1 aromatic heterocycles. The number of aromatic carboxylic acids is 1. The summed E-state index contributed by atoms with van der Waals surface area (Å²) in [5.74, 6) is -1.71. The second-order valence-corrected chi connectivity index (χ2v) is 5.31. The average Bonchev–Trinajstić information content (AvgIpc) is 2.40. The Kier molecular flexibility index (Phi) is 4.50. The van der Waals surface area contributed by atoms with Crippen LogP contribution in [0.1, 0.15) is 20.8 Å². The van der Waals surface area contributed by atoms with Crippen LogP contribution < -0.4 is 5.32 Å². The Labute approximate surface area is 132 Å². The van der Waals surface area contributed by atoms with Crippen molar-refractivity contribution in [3.05, 3.63) is 50.6 Å². The van der Waals surface area contributed by atoms with Crippen LogP contribution in [0.2, 0.25) is 5.15 Å². The van der Waals surface area contributed by atoms with Crippen molar-refractivity contribution in [2.24, 2.45) is 0 Å². The molecule has 1 aromatic carbocycles. The second kappa shape index (κ2) is 6.14. The predicted molar refractivity (Wildman–Crippen MR) is 81.1 cm³/mol. The SMILES string of the molecule is O=C(Nc1ccc(I)cc1C(=O)O)c1cncc(Cl)n1. The van der Waals surface area contributed by atoms with Crippen LogP contribution in [-0.2, 0) is 0 Å². The van der Waals surface area contributed by atoms with Crippen LogP contribution >= 0.6 is 34.2 Å². The van der Waals surface area contributed by atoms with Crippen molar-refractivity contribution in [3.8, 4) is 0 Å². The molecule has 0 bridgehead atoms. The molecular weight excluding hydrogens is 397 g/mol. The standard InChI is InChI=1S/C12H7ClIN3O3/c13-10-5-15-4-9(16-10)11(18)17-8-2-1-6(14)3-7(8)12(19)20/h1-5H,(H,17,18)(H,19,20). The van der Waals surface area contributed by atoms with Crippen LogP contribution in [0.25, 0.3) is 0 Å². The van der Waals surface area contributed by atoms with E-state index in [1.165, 1.54) is 24.5 Å². The molecule has 0 aliphatic heterocycles. The number of aromatic nitrogens is 2. The fourth-order valence-corrected chi connectivity index (χ4v) is 2.08. The van der Waals surface area contributed by atoms with Crippen molar-refractivity contribution < 1.29 is 14.7 Å². The van der Waals surface area contributed by atoms with E-state index >= 15 is 0 Å². The maximum Gasteiger partial charge on any atom is 0.337 e. The summed E-state index contributed by atoms with van der Waals surface area (Å²) in [6.07, 6.45) is 2.54. The molecule has 0 spiro atoms. The zero-order chi connectivity index (χ0) is 14.7. The third kappa shape index (κ3) is 3.42. The van der Waals surface area contributed by atoms with Crippen LogP contribution in [0, 0.1) is 3.57 Å².